The van der Waals surface area contributed by atoms with Gasteiger partial charge in [0.25, 0.3) is 5.91 Å². The van der Waals surface area contributed by atoms with Crippen LogP contribution in [0.3, 0.4) is 0 Å². The van der Waals surface area contributed by atoms with Crippen molar-refractivity contribution in [2.24, 2.45) is 12.8 Å². The number of anilines is 2. The van der Waals surface area contributed by atoms with Crippen molar-refractivity contribution >= 4 is 46.2 Å². The number of carbonyl (C=O) groups is 1. The van der Waals surface area contributed by atoms with E-state index in [1.807, 2.05) is 19.1 Å². The van der Waals surface area contributed by atoms with E-state index in [0.29, 0.717) is 15.8 Å². The Labute approximate surface area is 132 Å². The van der Waals surface area contributed by atoms with Crippen LogP contribution in [0.5, 0.6) is 0 Å². The first-order valence-corrected chi connectivity index (χ1v) is 6.83. The number of amides is 1. The van der Waals surface area contributed by atoms with Crippen molar-refractivity contribution in [1.82, 2.24) is 9.78 Å². The number of aromatic nitrogens is 2. The number of nitrogens with one attached hydrogen (secondary N) is 2. The van der Waals surface area contributed by atoms with Crippen molar-refractivity contribution in [2.45, 2.75) is 6.92 Å². The van der Waals surface area contributed by atoms with Crippen LogP contribution in [0.4, 0.5) is 11.4 Å². The minimum atomic E-state index is -0.585. The zero-order chi connectivity index (χ0) is 15.6. The van der Waals surface area contributed by atoms with Gasteiger partial charge in [-0.15, -0.1) is 0 Å². The maximum atomic E-state index is 11.4. The molecule has 2 aromatic rings. The molecule has 0 saturated carbocycles. The highest BCUT2D eigenvalue weighted by Gasteiger charge is 2.14. The van der Waals surface area contributed by atoms with Crippen LogP contribution in [-0.4, -0.2) is 20.8 Å². The second-order valence-corrected chi connectivity index (χ2v) is 5.25. The first kappa shape index (κ1) is 15.3. The molecular weight excluding hydrogens is 310 g/mol. The number of aryl methyl sites for hydroxylation is 2. The fourth-order valence-corrected chi connectivity index (χ4v) is 2.18. The number of nitrogens with zero attached hydrogens (tertiary/aromatic N) is 2. The molecule has 6 nitrogen and oxygen atoms in total. The number of halogens is 1. The van der Waals surface area contributed by atoms with Gasteiger partial charge >= 0.3 is 0 Å². The molecule has 1 aromatic heterocycles. The third-order valence-corrected chi connectivity index (χ3v) is 3.46. The third kappa shape index (κ3) is 3.50. The van der Waals surface area contributed by atoms with Crippen molar-refractivity contribution in [1.29, 1.82) is 0 Å². The summed E-state index contributed by atoms with van der Waals surface area (Å²) in [5, 5.41) is 10.8. The van der Waals surface area contributed by atoms with Gasteiger partial charge in [0.2, 0.25) is 0 Å². The van der Waals surface area contributed by atoms with Crippen LogP contribution in [0.15, 0.2) is 24.4 Å². The average molecular weight is 324 g/mol. The summed E-state index contributed by atoms with van der Waals surface area (Å²) < 4.78 is 1.38. The SMILES string of the molecule is Cc1ccc(NC(=S)Nc2cnn(C)c2C(N)=O)cc1Cl. The van der Waals surface area contributed by atoms with Gasteiger partial charge in [0, 0.05) is 17.8 Å². The number of rotatable bonds is 3. The van der Waals surface area contributed by atoms with Gasteiger partial charge in [0.1, 0.15) is 5.69 Å². The van der Waals surface area contributed by atoms with Gasteiger partial charge in [-0.1, -0.05) is 17.7 Å². The van der Waals surface area contributed by atoms with E-state index in [4.69, 9.17) is 29.6 Å². The van der Waals surface area contributed by atoms with Crippen molar-refractivity contribution < 1.29 is 4.79 Å². The standard InChI is InChI=1S/C13H14ClN5OS/c1-7-3-4-8(5-9(7)14)17-13(21)18-10-6-16-19(2)11(10)12(15)20/h3-6H,1-2H3,(H2,15,20)(H2,17,18,21). The van der Waals surface area contributed by atoms with Gasteiger partial charge in [-0.05, 0) is 36.8 Å². The van der Waals surface area contributed by atoms with Crippen molar-refractivity contribution in [3.8, 4) is 0 Å². The molecule has 21 heavy (non-hydrogen) atoms. The lowest BCUT2D eigenvalue weighted by Gasteiger charge is -2.11. The Bertz CT molecular complexity index is 713. The second-order valence-electron chi connectivity index (χ2n) is 4.44. The highest BCUT2D eigenvalue weighted by Crippen LogP contribution is 2.20. The summed E-state index contributed by atoms with van der Waals surface area (Å²) in [6.45, 7) is 1.91. The Morgan fingerprint density at radius 2 is 2.14 bits per heavy atom. The summed E-state index contributed by atoms with van der Waals surface area (Å²) in [7, 11) is 1.63. The molecule has 2 rings (SSSR count). The average Bonchev–Trinajstić information content (AvgIpc) is 2.75. The lowest BCUT2D eigenvalue weighted by atomic mass is 10.2. The topological polar surface area (TPSA) is 85.0 Å². The highest BCUT2D eigenvalue weighted by atomic mass is 35.5. The Hall–Kier alpha value is -2.12. The number of hydrogen-bond donors (Lipinski definition) is 3. The molecule has 1 heterocycles. The summed E-state index contributed by atoms with van der Waals surface area (Å²) in [4.78, 5) is 11.4. The second kappa shape index (κ2) is 6.11. The molecule has 0 saturated heterocycles. The molecule has 8 heteroatoms. The normalized spacial score (nSPS) is 10.2. The summed E-state index contributed by atoms with van der Waals surface area (Å²) in [5.41, 5.74) is 7.72. The fourth-order valence-electron chi connectivity index (χ4n) is 1.78. The van der Waals surface area contributed by atoms with E-state index in [2.05, 4.69) is 15.7 Å². The van der Waals surface area contributed by atoms with Gasteiger partial charge in [-0.25, -0.2) is 0 Å². The summed E-state index contributed by atoms with van der Waals surface area (Å²) >= 11 is 11.2. The van der Waals surface area contributed by atoms with Crippen LogP contribution in [0, 0.1) is 6.92 Å². The van der Waals surface area contributed by atoms with E-state index in [1.165, 1.54) is 10.9 Å². The van der Waals surface area contributed by atoms with Crippen LogP contribution in [0.2, 0.25) is 5.02 Å². The number of primary amides is 1. The van der Waals surface area contributed by atoms with Gasteiger partial charge in [0.05, 0.1) is 11.9 Å². The quantitative estimate of drug-likeness (QED) is 0.755. The molecule has 4 N–H and O–H groups in total. The minimum absolute atomic E-state index is 0.251. The Morgan fingerprint density at radius 3 is 2.76 bits per heavy atom. The minimum Gasteiger partial charge on any atom is -0.364 e. The molecule has 0 unspecified atom stereocenters. The molecule has 0 spiro atoms. The van der Waals surface area contributed by atoms with E-state index in [1.54, 1.807) is 13.1 Å². The lowest BCUT2D eigenvalue weighted by molar-refractivity contribution is 0.0992. The van der Waals surface area contributed by atoms with E-state index < -0.39 is 5.91 Å². The van der Waals surface area contributed by atoms with E-state index in [9.17, 15) is 4.79 Å². The monoisotopic (exact) mass is 323 g/mol. The number of benzene rings is 1. The zero-order valence-corrected chi connectivity index (χ0v) is 13.0. The van der Waals surface area contributed by atoms with Crippen molar-refractivity contribution in [2.75, 3.05) is 10.6 Å². The third-order valence-electron chi connectivity index (χ3n) is 2.85. The molecule has 0 aliphatic heterocycles. The summed E-state index contributed by atoms with van der Waals surface area (Å²) in [6, 6.07) is 5.50. The molecule has 1 aromatic carbocycles. The van der Waals surface area contributed by atoms with E-state index >= 15 is 0 Å². The first-order valence-electron chi connectivity index (χ1n) is 6.04. The zero-order valence-electron chi connectivity index (χ0n) is 11.5. The number of hydrogen-bond acceptors (Lipinski definition) is 3. The predicted molar refractivity (Wildman–Crippen MR) is 87.8 cm³/mol. The Kier molecular flexibility index (Phi) is 4.44. The maximum Gasteiger partial charge on any atom is 0.269 e. The predicted octanol–water partition coefficient (Wildman–Crippen LogP) is 2.29. The van der Waals surface area contributed by atoms with Crippen LogP contribution < -0.4 is 16.4 Å². The molecular formula is C13H14ClN5OS. The van der Waals surface area contributed by atoms with E-state index in [-0.39, 0.29) is 5.69 Å². The number of thiocarbonyl (C=S) groups is 1. The van der Waals surface area contributed by atoms with Crippen LogP contribution in [0.25, 0.3) is 0 Å². The van der Waals surface area contributed by atoms with Crippen molar-refractivity contribution in [3.63, 3.8) is 0 Å². The molecule has 110 valence electrons. The first-order chi connectivity index (χ1) is 9.88. The smallest absolute Gasteiger partial charge is 0.269 e. The fraction of sp³-hybridized carbons (Fsp3) is 0.154. The lowest BCUT2D eigenvalue weighted by Crippen LogP contribution is -2.23. The highest BCUT2D eigenvalue weighted by molar-refractivity contribution is 7.80. The van der Waals surface area contributed by atoms with E-state index in [0.717, 1.165) is 11.3 Å². The maximum absolute atomic E-state index is 11.4. The van der Waals surface area contributed by atoms with Gasteiger partial charge in [0.15, 0.2) is 5.11 Å². The summed E-state index contributed by atoms with van der Waals surface area (Å²) in [6.07, 6.45) is 1.48. The molecule has 0 atom stereocenters. The summed E-state index contributed by atoms with van der Waals surface area (Å²) in [5.74, 6) is -0.585. The van der Waals surface area contributed by atoms with Crippen molar-refractivity contribution in [3.05, 3.63) is 40.7 Å². The molecule has 0 aliphatic rings. The molecule has 0 aliphatic carbocycles. The Morgan fingerprint density at radius 1 is 1.43 bits per heavy atom. The van der Waals surface area contributed by atoms with Crippen LogP contribution in [0.1, 0.15) is 16.1 Å². The molecule has 1 amide bonds. The molecule has 0 bridgehead atoms. The molecule has 0 fully saturated rings. The van der Waals surface area contributed by atoms with Crippen LogP contribution in [-0.2, 0) is 7.05 Å². The largest absolute Gasteiger partial charge is 0.364 e. The Balaban J connectivity index is 2.12. The number of carbonyl (C=O) groups excluding carboxylic acids is 1. The molecule has 0 radical (unpaired) electrons. The number of nitrogens with two attached hydrogens (primary N) is 1. The van der Waals surface area contributed by atoms with Gasteiger partial charge in [-0.3, -0.25) is 9.48 Å². The van der Waals surface area contributed by atoms with Gasteiger partial charge < -0.3 is 16.4 Å². The van der Waals surface area contributed by atoms with Gasteiger partial charge in [-0.2, -0.15) is 5.10 Å². The van der Waals surface area contributed by atoms with Crippen LogP contribution >= 0.6 is 23.8 Å².